The zero-order chi connectivity index (χ0) is 51.8. The smallest absolute Gasteiger partial charge is 0.306 e. The number of nitrogens with one attached hydrogen (secondary N) is 1. The summed E-state index contributed by atoms with van der Waals surface area (Å²) in [4.78, 5) is 26.4. The van der Waals surface area contributed by atoms with Crippen molar-refractivity contribution in [2.75, 3.05) is 13.2 Å². The van der Waals surface area contributed by atoms with E-state index in [1.807, 2.05) is 6.08 Å². The van der Waals surface area contributed by atoms with Crippen LogP contribution < -0.4 is 5.32 Å². The van der Waals surface area contributed by atoms with Gasteiger partial charge in [-0.1, -0.05) is 229 Å². The third-order valence-electron chi connectivity index (χ3n) is 13.1. The van der Waals surface area contributed by atoms with Gasteiger partial charge in [-0.3, -0.25) is 9.59 Å². The fraction of sp³-hybridized carbons (Fsp3) is 0.767. The van der Waals surface area contributed by atoms with Crippen molar-refractivity contribution in [3.8, 4) is 0 Å². The summed E-state index contributed by atoms with van der Waals surface area (Å²) >= 11 is 0. The Morgan fingerprint density at radius 3 is 1.52 bits per heavy atom. The molecule has 11 heteroatoms. The Bertz CT molecular complexity index is 1430. The van der Waals surface area contributed by atoms with Crippen LogP contribution in [0.2, 0.25) is 0 Å². The van der Waals surface area contributed by atoms with Gasteiger partial charge in [-0.2, -0.15) is 0 Å². The van der Waals surface area contributed by atoms with E-state index >= 15 is 0 Å². The lowest BCUT2D eigenvalue weighted by Gasteiger charge is -2.41. The summed E-state index contributed by atoms with van der Waals surface area (Å²) in [5.74, 6) is -1.23. The van der Waals surface area contributed by atoms with Gasteiger partial charge in [0.15, 0.2) is 12.4 Å². The van der Waals surface area contributed by atoms with Crippen molar-refractivity contribution in [3.63, 3.8) is 0 Å². The molecule has 0 saturated carbocycles. The zero-order valence-electron chi connectivity index (χ0n) is 45.1. The summed E-state index contributed by atoms with van der Waals surface area (Å²) in [5.41, 5.74) is 0. The predicted molar refractivity (Wildman–Crippen MR) is 292 cm³/mol. The number of aliphatic hydroxyl groups is 5. The summed E-state index contributed by atoms with van der Waals surface area (Å²) in [5, 5.41) is 56.7. The molecule has 0 radical (unpaired) electrons. The molecule has 0 aromatic carbocycles. The van der Waals surface area contributed by atoms with Gasteiger partial charge >= 0.3 is 5.97 Å². The fourth-order valence-corrected chi connectivity index (χ4v) is 8.56. The SMILES string of the molecule is CC/C=C\C/C=C\C/C=C\C/C=C\C/C=C\CCCCCC(=O)OC1C(OCC(NC(=O)C(O)CCCCCCCCCCCC)C(O)/C=C/CCCCCCCCCCCCC)OC(CO)C(O)C1O. The Balaban J connectivity index is 2.74. The molecule has 71 heavy (non-hydrogen) atoms. The molecule has 11 nitrogen and oxygen atoms in total. The summed E-state index contributed by atoms with van der Waals surface area (Å²) in [6.45, 7) is 5.63. The quantitative estimate of drug-likeness (QED) is 0.0196. The van der Waals surface area contributed by atoms with Gasteiger partial charge in [-0.25, -0.2) is 0 Å². The molecule has 8 unspecified atom stereocenters. The Morgan fingerprint density at radius 2 is 1.01 bits per heavy atom. The minimum absolute atomic E-state index is 0.0827. The highest BCUT2D eigenvalue weighted by Crippen LogP contribution is 2.26. The second kappa shape index (κ2) is 48.1. The van der Waals surface area contributed by atoms with Crippen LogP contribution in [0.5, 0.6) is 0 Å². The van der Waals surface area contributed by atoms with Crippen molar-refractivity contribution in [1.29, 1.82) is 0 Å². The number of hydrogen-bond acceptors (Lipinski definition) is 10. The molecule has 0 aliphatic carbocycles. The van der Waals surface area contributed by atoms with Crippen molar-refractivity contribution in [1.82, 2.24) is 5.32 Å². The molecule has 1 fully saturated rings. The molecule has 0 bridgehead atoms. The molecule has 1 heterocycles. The predicted octanol–water partition coefficient (Wildman–Crippen LogP) is 12.8. The maximum absolute atomic E-state index is 13.3. The van der Waals surface area contributed by atoms with E-state index in [2.05, 4.69) is 86.8 Å². The number of allylic oxidation sites excluding steroid dienone is 11. The largest absolute Gasteiger partial charge is 0.454 e. The minimum Gasteiger partial charge on any atom is -0.454 e. The number of hydrogen-bond donors (Lipinski definition) is 6. The molecule has 0 spiro atoms. The second-order valence-electron chi connectivity index (χ2n) is 19.6. The van der Waals surface area contributed by atoms with Gasteiger partial charge in [-0.15, -0.1) is 0 Å². The van der Waals surface area contributed by atoms with Crippen LogP contribution in [0.25, 0.3) is 0 Å². The van der Waals surface area contributed by atoms with Crippen LogP contribution in [-0.2, 0) is 23.8 Å². The first-order valence-electron chi connectivity index (χ1n) is 28.7. The molecule has 1 aliphatic rings. The van der Waals surface area contributed by atoms with Gasteiger partial charge in [0, 0.05) is 6.42 Å². The van der Waals surface area contributed by atoms with Gasteiger partial charge in [-0.05, 0) is 70.6 Å². The van der Waals surface area contributed by atoms with Crippen LogP contribution in [-0.4, -0.2) is 99.6 Å². The van der Waals surface area contributed by atoms with E-state index in [-0.39, 0.29) is 19.4 Å². The van der Waals surface area contributed by atoms with E-state index in [1.165, 1.54) is 96.3 Å². The summed E-state index contributed by atoms with van der Waals surface area (Å²) in [6.07, 6.45) is 49.5. The standard InChI is InChI=1S/C60H105NO10/c1-4-7-10-13-16-19-22-24-25-26-27-28-29-31-33-36-39-42-45-48-55(65)71-58-57(67)56(66)54(49-62)70-60(58)69-50-51(52(63)46-43-40-37-35-32-30-23-20-17-14-11-8-5-2)61-59(68)53(64)47-44-41-38-34-21-18-15-12-9-6-3/h7,10,16,19,24-25,27-28,31,33,43,46,51-54,56-58,60,62-64,66-67H,4-6,8-9,11-15,17-18,20-23,26,29-30,32,34-42,44-45,47-50H2,1-3H3,(H,61,68)/b10-7-,19-16-,25-24-,28-27-,33-31-,46-43+. The zero-order valence-corrected chi connectivity index (χ0v) is 45.1. The van der Waals surface area contributed by atoms with Crippen LogP contribution in [0.4, 0.5) is 0 Å². The number of carbonyl (C=O) groups excluding carboxylic acids is 2. The molecule has 410 valence electrons. The minimum atomic E-state index is -1.63. The highest BCUT2D eigenvalue weighted by molar-refractivity contribution is 5.80. The average molecular weight is 1000 g/mol. The highest BCUT2D eigenvalue weighted by atomic mass is 16.7. The first kappa shape index (κ1) is 66.1. The van der Waals surface area contributed by atoms with Crippen molar-refractivity contribution in [2.24, 2.45) is 0 Å². The molecule has 1 aliphatic heterocycles. The summed E-state index contributed by atoms with van der Waals surface area (Å²) in [6, 6.07) is -1.03. The van der Waals surface area contributed by atoms with Gasteiger partial charge in [0.2, 0.25) is 5.91 Å². The van der Waals surface area contributed by atoms with E-state index in [9.17, 15) is 35.1 Å². The van der Waals surface area contributed by atoms with Crippen molar-refractivity contribution < 1.29 is 49.3 Å². The second-order valence-corrected chi connectivity index (χ2v) is 19.6. The molecular weight excluding hydrogens is 895 g/mol. The van der Waals surface area contributed by atoms with E-state index in [0.29, 0.717) is 12.8 Å². The lowest BCUT2D eigenvalue weighted by molar-refractivity contribution is -0.305. The molecule has 1 amide bonds. The number of ether oxygens (including phenoxy) is 3. The lowest BCUT2D eigenvalue weighted by Crippen LogP contribution is -2.61. The maximum atomic E-state index is 13.3. The third kappa shape index (κ3) is 36.6. The number of amides is 1. The number of unbranched alkanes of at least 4 members (excludes halogenated alkanes) is 23. The lowest BCUT2D eigenvalue weighted by atomic mass is 9.99. The molecule has 6 N–H and O–H groups in total. The van der Waals surface area contributed by atoms with Crippen LogP contribution in [0.3, 0.4) is 0 Å². The van der Waals surface area contributed by atoms with Crippen LogP contribution in [0.1, 0.15) is 233 Å². The van der Waals surface area contributed by atoms with Crippen molar-refractivity contribution in [2.45, 2.75) is 282 Å². The summed E-state index contributed by atoms with van der Waals surface area (Å²) < 4.78 is 17.5. The Kier molecular flexibility index (Phi) is 44.8. The third-order valence-corrected chi connectivity index (χ3v) is 13.1. The van der Waals surface area contributed by atoms with Gasteiger partial charge in [0.25, 0.3) is 0 Å². The van der Waals surface area contributed by atoms with E-state index in [4.69, 9.17) is 14.2 Å². The van der Waals surface area contributed by atoms with Crippen LogP contribution >= 0.6 is 0 Å². The normalized spacial score (nSPS) is 20.1. The Morgan fingerprint density at radius 1 is 0.563 bits per heavy atom. The molecular formula is C60H105NO10. The number of aliphatic hydroxyl groups excluding tert-OH is 5. The van der Waals surface area contributed by atoms with Gasteiger partial charge < -0.3 is 45.1 Å². The van der Waals surface area contributed by atoms with E-state index < -0.39 is 67.4 Å². The molecule has 0 aromatic heterocycles. The van der Waals surface area contributed by atoms with E-state index in [0.717, 1.165) is 89.9 Å². The van der Waals surface area contributed by atoms with Gasteiger partial charge in [0.1, 0.15) is 24.4 Å². The Labute approximate surface area is 432 Å². The molecule has 1 rings (SSSR count). The van der Waals surface area contributed by atoms with Crippen LogP contribution in [0.15, 0.2) is 72.9 Å². The molecule has 0 aromatic rings. The first-order valence-corrected chi connectivity index (χ1v) is 28.7. The van der Waals surface area contributed by atoms with Crippen molar-refractivity contribution >= 4 is 11.9 Å². The number of carbonyl (C=O) groups is 2. The topological polar surface area (TPSA) is 175 Å². The Hall–Kier alpha value is -2.90. The maximum Gasteiger partial charge on any atom is 0.306 e. The average Bonchev–Trinajstić information content (AvgIpc) is 3.37. The molecule has 8 atom stereocenters. The number of esters is 1. The first-order chi connectivity index (χ1) is 34.7. The van der Waals surface area contributed by atoms with E-state index in [1.54, 1.807) is 6.08 Å². The summed E-state index contributed by atoms with van der Waals surface area (Å²) in [7, 11) is 0. The van der Waals surface area contributed by atoms with Crippen molar-refractivity contribution in [3.05, 3.63) is 72.9 Å². The highest BCUT2D eigenvalue weighted by Gasteiger charge is 2.47. The molecule has 1 saturated heterocycles. The number of rotatable bonds is 47. The van der Waals surface area contributed by atoms with Gasteiger partial charge in [0.05, 0.1) is 25.4 Å². The van der Waals surface area contributed by atoms with Crippen LogP contribution in [0, 0.1) is 0 Å². The monoisotopic (exact) mass is 1000 g/mol. The fourth-order valence-electron chi connectivity index (χ4n) is 8.56.